The van der Waals surface area contributed by atoms with E-state index in [4.69, 9.17) is 19.3 Å². The van der Waals surface area contributed by atoms with E-state index in [1.165, 1.54) is 0 Å². The molecule has 0 fully saturated rings. The molecule has 17 heteroatoms. The van der Waals surface area contributed by atoms with Gasteiger partial charge in [0, 0.05) is 20.6 Å². The van der Waals surface area contributed by atoms with Crippen LogP contribution in [0.4, 0.5) is 0 Å². The minimum Gasteiger partial charge on any atom is -0.778 e. The molecule has 0 radical (unpaired) electrons. The van der Waals surface area contributed by atoms with E-state index in [1.807, 2.05) is 26.2 Å². The third-order valence-electron chi connectivity index (χ3n) is 4.17. The number of hydrogen-bond acceptors (Lipinski definition) is 9. The van der Waals surface area contributed by atoms with Gasteiger partial charge in [-0.2, -0.15) is 24.9 Å². The molecule has 0 spiro atoms. The predicted molar refractivity (Wildman–Crippen MR) is 216 cm³/mol. The summed E-state index contributed by atoms with van der Waals surface area (Å²) in [5.41, 5.74) is 1.71. The van der Waals surface area contributed by atoms with Crippen LogP contribution in [0.25, 0.3) is 0 Å². The van der Waals surface area contributed by atoms with Crippen LogP contribution in [-0.2, 0) is 15.6 Å². The van der Waals surface area contributed by atoms with Gasteiger partial charge in [-0.25, -0.2) is 0 Å². The molecule has 2 rings (SSSR count). The summed E-state index contributed by atoms with van der Waals surface area (Å²) in [6, 6.07) is 14.2. The summed E-state index contributed by atoms with van der Waals surface area (Å²) >= 11 is 0. The van der Waals surface area contributed by atoms with Crippen LogP contribution < -0.4 is 78.4 Å². The van der Waals surface area contributed by atoms with Gasteiger partial charge in [0.25, 0.3) is 0 Å². The fourth-order valence-corrected chi connectivity index (χ4v) is 4.38. The van der Waals surface area contributed by atoms with Gasteiger partial charge < -0.3 is 43.2 Å². The molecule has 2 N–H and O–H groups in total. The Morgan fingerprint density at radius 3 is 1.33 bits per heavy atom. The van der Waals surface area contributed by atoms with E-state index in [-0.39, 0.29) is 174 Å². The van der Waals surface area contributed by atoms with Crippen LogP contribution in [0, 0.1) is 0 Å². The molecule has 2 aromatic rings. The van der Waals surface area contributed by atoms with Crippen LogP contribution in [0.15, 0.2) is 53.6 Å². The third-order valence-corrected chi connectivity index (χ3v) is 5.68. The van der Waals surface area contributed by atoms with Crippen molar-refractivity contribution in [2.45, 2.75) is 88.1 Å². The van der Waals surface area contributed by atoms with Crippen molar-refractivity contribution in [3.05, 3.63) is 59.7 Å². The summed E-state index contributed by atoms with van der Waals surface area (Å²) < 4.78 is 33.3. The maximum Gasteiger partial charge on any atom is 1.00 e. The average Bonchev–Trinajstić information content (AvgIpc) is 2.70. The van der Waals surface area contributed by atoms with E-state index >= 15 is 0 Å². The minimum absolute atomic E-state index is 0. The monoisotopic (exact) mass is 789 g/mol. The zero-order valence-corrected chi connectivity index (χ0v) is 30.3. The van der Waals surface area contributed by atoms with Gasteiger partial charge in [-0.05, 0) is 53.9 Å². The molecule has 0 amide bonds. The van der Waals surface area contributed by atoms with Crippen molar-refractivity contribution in [3.8, 4) is 11.5 Å². The van der Waals surface area contributed by atoms with E-state index in [0.717, 1.165) is 16.0 Å². The van der Waals surface area contributed by atoms with Gasteiger partial charge in [0.1, 0.15) is 26.7 Å². The van der Waals surface area contributed by atoms with Gasteiger partial charge in [0.2, 0.25) is 6.79 Å². The molecule has 11 nitrogen and oxygen atoms in total. The molecular formula is C31H77N3Na2O8P4. The summed E-state index contributed by atoms with van der Waals surface area (Å²) in [7, 11) is -5.78. The smallest absolute Gasteiger partial charge is 0.778 e. The SMILES string of the molecule is C.C.C.C.C.C.C.C.C.C.C.CN(C)/N=C/c1ccc(OCOc2ccc(CCN(CP(=O)([O-])O)CP(=O)([O-])O)cc2)cc1.P.P.[Na+].[Na+]. The molecule has 4 atom stereocenters. The van der Waals surface area contributed by atoms with Crippen molar-refractivity contribution in [1.82, 2.24) is 9.91 Å². The van der Waals surface area contributed by atoms with E-state index in [1.54, 1.807) is 47.6 Å². The van der Waals surface area contributed by atoms with Crippen molar-refractivity contribution >= 4 is 41.2 Å². The topological polar surface area (TPSA) is 158 Å². The molecular weight excluding hydrogens is 712 g/mol. The summed E-state index contributed by atoms with van der Waals surface area (Å²) in [6.07, 6.45) is 0.275. The Bertz CT molecular complexity index is 990. The van der Waals surface area contributed by atoms with Gasteiger partial charge in [0.15, 0.2) is 0 Å². The summed E-state index contributed by atoms with van der Waals surface area (Å²) in [6.45, 7) is -0.0129. The number of nitrogens with zero attached hydrogens (tertiary/aromatic N) is 3. The quantitative estimate of drug-likeness (QED) is 0.101. The molecule has 4 unspecified atom stereocenters. The largest absolute Gasteiger partial charge is 1.00 e. The molecule has 286 valence electrons. The average molecular weight is 790 g/mol. The van der Waals surface area contributed by atoms with Gasteiger partial charge in [-0.15, -0.1) is 0 Å². The van der Waals surface area contributed by atoms with Gasteiger partial charge >= 0.3 is 59.1 Å². The molecule has 0 aliphatic heterocycles. The maximum atomic E-state index is 11.1. The molecule has 0 aliphatic carbocycles. The van der Waals surface area contributed by atoms with Crippen LogP contribution in [0.5, 0.6) is 11.5 Å². The normalized spacial score (nSPS) is 10.5. The van der Waals surface area contributed by atoms with Crippen molar-refractivity contribution in [2.24, 2.45) is 5.10 Å². The number of hydrazone groups is 1. The van der Waals surface area contributed by atoms with E-state index in [2.05, 4.69) is 5.10 Å². The molecule has 48 heavy (non-hydrogen) atoms. The molecule has 0 saturated heterocycles. The van der Waals surface area contributed by atoms with E-state index in [9.17, 15) is 18.9 Å². The molecule has 2 aromatic carbocycles. The van der Waals surface area contributed by atoms with Crippen molar-refractivity contribution in [2.75, 3.05) is 40.0 Å². The Morgan fingerprint density at radius 1 is 0.688 bits per heavy atom. The van der Waals surface area contributed by atoms with Crippen molar-refractivity contribution in [3.63, 3.8) is 0 Å². The molecule has 0 heterocycles. The second kappa shape index (κ2) is 45.7. The Labute approximate surface area is 350 Å². The summed E-state index contributed by atoms with van der Waals surface area (Å²) in [5, 5.41) is 5.85. The Balaban J connectivity index is -0.0000000642. The zero-order valence-electron chi connectivity index (χ0n) is 21.7. The summed E-state index contributed by atoms with van der Waals surface area (Å²) in [4.78, 5) is 41.1. The van der Waals surface area contributed by atoms with Crippen LogP contribution in [0.2, 0.25) is 0 Å². The van der Waals surface area contributed by atoms with E-state index < -0.39 is 27.8 Å². The molecule has 0 aromatic heterocycles. The van der Waals surface area contributed by atoms with Crippen molar-refractivity contribution < 1.29 is 97.3 Å². The molecule has 0 aliphatic rings. The molecule has 0 saturated carbocycles. The number of rotatable bonds is 13. The maximum absolute atomic E-state index is 11.1. The van der Waals surface area contributed by atoms with Crippen LogP contribution in [0.3, 0.4) is 0 Å². The van der Waals surface area contributed by atoms with Gasteiger partial charge in [0.05, 0.1) is 18.8 Å². The third kappa shape index (κ3) is 44.7. The van der Waals surface area contributed by atoms with E-state index in [0.29, 0.717) is 17.9 Å². The first kappa shape index (κ1) is 92.0. The minimum atomic E-state index is -4.72. The Kier molecular flexibility index (Phi) is 87.5. The van der Waals surface area contributed by atoms with Gasteiger partial charge in [-0.1, -0.05) is 93.8 Å². The summed E-state index contributed by atoms with van der Waals surface area (Å²) in [5.74, 6) is 1.18. The van der Waals surface area contributed by atoms with Crippen LogP contribution in [-0.4, -0.2) is 65.9 Å². The van der Waals surface area contributed by atoms with Crippen LogP contribution in [0.1, 0.15) is 92.8 Å². The van der Waals surface area contributed by atoms with Crippen molar-refractivity contribution in [1.29, 1.82) is 0 Å². The van der Waals surface area contributed by atoms with Crippen LogP contribution >= 0.6 is 35.0 Å². The second-order valence-corrected chi connectivity index (χ2v) is 10.5. The molecule has 0 bridgehead atoms. The number of hydrogen-bond donors (Lipinski definition) is 2. The fourth-order valence-electron chi connectivity index (χ4n) is 2.73. The first-order valence-electron chi connectivity index (χ1n) is 9.83. The fraction of sp³-hybridized carbons (Fsp3) is 0.581. The first-order valence-corrected chi connectivity index (χ1v) is 13.4. The first-order chi connectivity index (χ1) is 15.4. The van der Waals surface area contributed by atoms with Gasteiger partial charge in [-0.3, -0.25) is 4.90 Å². The second-order valence-electron chi connectivity index (χ2n) is 7.41. The predicted octanol–water partition coefficient (Wildman–Crippen LogP) is 1.97. The Morgan fingerprint density at radius 2 is 1.02 bits per heavy atom. The Hall–Kier alpha value is 0.630. The zero-order chi connectivity index (χ0) is 24.5. The standard InChI is InChI=1S/C20H29N3O8P2.11CH4.2Na.2H3P/c1-22(2)21-13-18-5-9-20(10-6-18)31-16-30-19-7-3-17(4-8-19)11-12-23(14-32(24,25)26)15-33(27,28)29;;;;;;;;;;;;;;;/h3-10,13H,11-12,14-16H2,1-2H3,(H2,24,25,26)(H2,27,28,29);11*1H4;;;2*1H3/q;;;;;;;;;;;;2*+1;;/p-2/b21-13+;;;;;;;;;;;;;;;. The number of benzene rings is 2. The number of ether oxygens (including phenoxy) is 2.